The number of halogens is 1. The summed E-state index contributed by atoms with van der Waals surface area (Å²) < 4.78 is 18.0. The molecule has 0 amide bonds. The van der Waals surface area contributed by atoms with Crippen molar-refractivity contribution in [3.05, 3.63) is 21.9 Å². The van der Waals surface area contributed by atoms with Gasteiger partial charge in [0.05, 0.1) is 6.61 Å². The molecule has 1 aromatic rings. The Morgan fingerprint density at radius 3 is 2.75 bits per heavy atom. The monoisotopic (exact) mass is 246 g/mol. The third-order valence-electron chi connectivity index (χ3n) is 2.11. The molecule has 1 heterocycles. The SMILES string of the molecule is CCOC(=O)C(F)C(O)c1ccc(CC)s1. The lowest BCUT2D eigenvalue weighted by Gasteiger charge is -2.12. The number of thiophene rings is 1. The van der Waals surface area contributed by atoms with Crippen LogP contribution in [0.5, 0.6) is 0 Å². The fraction of sp³-hybridized carbons (Fsp3) is 0.545. The largest absolute Gasteiger partial charge is 0.464 e. The maximum absolute atomic E-state index is 13.5. The van der Waals surface area contributed by atoms with Gasteiger partial charge in [0.1, 0.15) is 6.10 Å². The van der Waals surface area contributed by atoms with Gasteiger partial charge in [-0.3, -0.25) is 0 Å². The minimum Gasteiger partial charge on any atom is -0.464 e. The van der Waals surface area contributed by atoms with E-state index in [1.165, 1.54) is 11.3 Å². The Labute approximate surface area is 97.9 Å². The van der Waals surface area contributed by atoms with Gasteiger partial charge < -0.3 is 9.84 Å². The number of hydrogen-bond donors (Lipinski definition) is 1. The first-order chi connectivity index (χ1) is 7.60. The van der Waals surface area contributed by atoms with E-state index in [0.29, 0.717) is 4.88 Å². The average Bonchev–Trinajstić information content (AvgIpc) is 2.75. The van der Waals surface area contributed by atoms with Gasteiger partial charge in [-0.1, -0.05) is 6.92 Å². The Balaban J connectivity index is 2.69. The van der Waals surface area contributed by atoms with E-state index in [1.54, 1.807) is 13.0 Å². The zero-order valence-corrected chi connectivity index (χ0v) is 10.1. The lowest BCUT2D eigenvalue weighted by molar-refractivity contribution is -0.153. The molecule has 90 valence electrons. The highest BCUT2D eigenvalue weighted by molar-refractivity contribution is 7.12. The Morgan fingerprint density at radius 2 is 2.25 bits per heavy atom. The number of aryl methyl sites for hydroxylation is 1. The number of carbonyl (C=O) groups is 1. The van der Waals surface area contributed by atoms with Crippen molar-refractivity contribution in [2.75, 3.05) is 6.61 Å². The van der Waals surface area contributed by atoms with Crippen molar-refractivity contribution < 1.29 is 19.0 Å². The summed E-state index contributed by atoms with van der Waals surface area (Å²) in [6, 6.07) is 3.46. The van der Waals surface area contributed by atoms with E-state index in [1.807, 2.05) is 13.0 Å². The Bertz CT molecular complexity index is 351. The Morgan fingerprint density at radius 1 is 1.56 bits per heavy atom. The first-order valence-electron chi connectivity index (χ1n) is 5.17. The number of ether oxygens (including phenoxy) is 1. The summed E-state index contributed by atoms with van der Waals surface area (Å²) in [5.41, 5.74) is 0. The van der Waals surface area contributed by atoms with Gasteiger partial charge in [0, 0.05) is 9.75 Å². The summed E-state index contributed by atoms with van der Waals surface area (Å²) in [7, 11) is 0. The molecular formula is C11H15FO3S. The van der Waals surface area contributed by atoms with Crippen LogP contribution in [-0.4, -0.2) is 23.9 Å². The number of hydrogen-bond acceptors (Lipinski definition) is 4. The molecule has 0 bridgehead atoms. The van der Waals surface area contributed by atoms with E-state index in [2.05, 4.69) is 4.74 Å². The standard InChI is InChI=1S/C11H15FO3S/c1-3-7-5-6-8(16-7)10(13)9(12)11(14)15-4-2/h5-6,9-10,13H,3-4H2,1-2H3. The molecule has 16 heavy (non-hydrogen) atoms. The molecule has 0 radical (unpaired) electrons. The van der Waals surface area contributed by atoms with Crippen LogP contribution in [0, 0.1) is 0 Å². The van der Waals surface area contributed by atoms with Gasteiger partial charge in [-0.15, -0.1) is 11.3 Å². The fourth-order valence-corrected chi connectivity index (χ4v) is 2.20. The van der Waals surface area contributed by atoms with Crippen LogP contribution in [0.1, 0.15) is 29.7 Å². The third-order valence-corrected chi connectivity index (χ3v) is 3.41. The van der Waals surface area contributed by atoms with E-state index in [9.17, 15) is 14.3 Å². The molecule has 0 spiro atoms. The summed E-state index contributed by atoms with van der Waals surface area (Å²) in [5, 5.41) is 9.63. The van der Waals surface area contributed by atoms with Crippen molar-refractivity contribution in [3.63, 3.8) is 0 Å². The van der Waals surface area contributed by atoms with Crippen LogP contribution in [0.2, 0.25) is 0 Å². The van der Waals surface area contributed by atoms with Gasteiger partial charge in [-0.05, 0) is 25.5 Å². The molecule has 1 aromatic heterocycles. The van der Waals surface area contributed by atoms with Crippen LogP contribution in [0.15, 0.2) is 12.1 Å². The van der Waals surface area contributed by atoms with E-state index in [4.69, 9.17) is 0 Å². The van der Waals surface area contributed by atoms with E-state index >= 15 is 0 Å². The van der Waals surface area contributed by atoms with Crippen LogP contribution in [0.25, 0.3) is 0 Å². The molecule has 2 atom stereocenters. The zero-order chi connectivity index (χ0) is 12.1. The quantitative estimate of drug-likeness (QED) is 0.810. The first-order valence-corrected chi connectivity index (χ1v) is 5.99. The van der Waals surface area contributed by atoms with Crippen LogP contribution in [0.4, 0.5) is 4.39 Å². The third kappa shape index (κ3) is 3.02. The number of alkyl halides is 1. The predicted octanol–water partition coefficient (Wildman–Crippen LogP) is 2.25. The maximum atomic E-state index is 13.5. The lowest BCUT2D eigenvalue weighted by atomic mass is 10.2. The van der Waals surface area contributed by atoms with Crippen molar-refractivity contribution in [3.8, 4) is 0 Å². The van der Waals surface area contributed by atoms with Gasteiger partial charge in [-0.25, -0.2) is 9.18 Å². The van der Waals surface area contributed by atoms with Crippen molar-refractivity contribution in [1.82, 2.24) is 0 Å². The normalized spacial score (nSPS) is 14.5. The van der Waals surface area contributed by atoms with Gasteiger partial charge in [-0.2, -0.15) is 0 Å². The van der Waals surface area contributed by atoms with Gasteiger partial charge in [0.25, 0.3) is 0 Å². The molecule has 0 saturated heterocycles. The van der Waals surface area contributed by atoms with E-state index in [-0.39, 0.29) is 6.61 Å². The minimum absolute atomic E-state index is 0.108. The van der Waals surface area contributed by atoms with E-state index < -0.39 is 18.2 Å². The molecule has 0 aromatic carbocycles. The van der Waals surface area contributed by atoms with Gasteiger partial charge in [0.2, 0.25) is 6.17 Å². The zero-order valence-electron chi connectivity index (χ0n) is 9.27. The number of rotatable bonds is 5. The molecule has 5 heteroatoms. The second-order valence-corrected chi connectivity index (χ2v) is 4.46. The van der Waals surface area contributed by atoms with Gasteiger partial charge >= 0.3 is 5.97 Å². The topological polar surface area (TPSA) is 46.5 Å². The predicted molar refractivity (Wildman–Crippen MR) is 60.2 cm³/mol. The highest BCUT2D eigenvalue weighted by Crippen LogP contribution is 2.27. The first kappa shape index (κ1) is 13.1. The highest BCUT2D eigenvalue weighted by Gasteiger charge is 2.29. The molecule has 3 nitrogen and oxygen atoms in total. The number of aliphatic hydroxyl groups is 1. The lowest BCUT2D eigenvalue weighted by Crippen LogP contribution is -2.25. The number of esters is 1. The molecule has 2 unspecified atom stereocenters. The van der Waals surface area contributed by atoms with Crippen molar-refractivity contribution in [1.29, 1.82) is 0 Å². The molecule has 0 aliphatic rings. The number of carbonyl (C=O) groups excluding carboxylic acids is 1. The van der Waals surface area contributed by atoms with Gasteiger partial charge in [0.15, 0.2) is 0 Å². The summed E-state index contributed by atoms with van der Waals surface area (Å²) in [5.74, 6) is -1.01. The Hall–Kier alpha value is -0.940. The number of aliphatic hydroxyl groups excluding tert-OH is 1. The fourth-order valence-electron chi connectivity index (χ4n) is 1.24. The van der Waals surface area contributed by atoms with Crippen molar-refractivity contribution in [2.24, 2.45) is 0 Å². The van der Waals surface area contributed by atoms with E-state index in [0.717, 1.165) is 11.3 Å². The van der Waals surface area contributed by atoms with Crippen LogP contribution in [0.3, 0.4) is 0 Å². The molecule has 0 aliphatic carbocycles. The van der Waals surface area contributed by atoms with Crippen molar-refractivity contribution >= 4 is 17.3 Å². The summed E-state index contributed by atoms with van der Waals surface area (Å²) in [6.07, 6.45) is -2.61. The summed E-state index contributed by atoms with van der Waals surface area (Å²) >= 11 is 1.31. The van der Waals surface area contributed by atoms with Crippen LogP contribution in [-0.2, 0) is 16.0 Å². The summed E-state index contributed by atoms with van der Waals surface area (Å²) in [6.45, 7) is 3.67. The smallest absolute Gasteiger partial charge is 0.343 e. The maximum Gasteiger partial charge on any atom is 0.343 e. The van der Waals surface area contributed by atoms with Crippen LogP contribution < -0.4 is 0 Å². The second kappa shape index (κ2) is 5.96. The molecule has 1 N–H and O–H groups in total. The molecule has 0 saturated carbocycles. The van der Waals surface area contributed by atoms with Crippen molar-refractivity contribution in [2.45, 2.75) is 32.5 Å². The van der Waals surface area contributed by atoms with Crippen LogP contribution >= 0.6 is 11.3 Å². The average molecular weight is 246 g/mol. The summed E-state index contributed by atoms with van der Waals surface area (Å²) in [4.78, 5) is 12.6. The Kier molecular flexibility index (Phi) is 4.89. The molecular weight excluding hydrogens is 231 g/mol. The second-order valence-electron chi connectivity index (χ2n) is 3.26. The molecule has 1 rings (SSSR count). The molecule has 0 fully saturated rings. The minimum atomic E-state index is -2.01. The highest BCUT2D eigenvalue weighted by atomic mass is 32.1. The molecule has 0 aliphatic heterocycles.